The zero-order valence-corrected chi connectivity index (χ0v) is 12.6. The predicted octanol–water partition coefficient (Wildman–Crippen LogP) is 2.02. The molecular weight excluding hydrogens is 283 g/mol. The van der Waals surface area contributed by atoms with Gasteiger partial charge in [0.2, 0.25) is 0 Å². The van der Waals surface area contributed by atoms with E-state index in [9.17, 15) is 0 Å². The summed E-state index contributed by atoms with van der Waals surface area (Å²) in [5, 5.41) is 0. The number of likely N-dealkylation sites (tertiary alicyclic amines) is 1. The Morgan fingerprint density at radius 1 is 1.32 bits per heavy atom. The molecule has 1 aliphatic rings. The lowest BCUT2D eigenvalue weighted by molar-refractivity contribution is 0.323. The van der Waals surface area contributed by atoms with Crippen LogP contribution in [0.5, 0.6) is 0 Å². The van der Waals surface area contributed by atoms with Gasteiger partial charge in [0.1, 0.15) is 5.65 Å². The third-order valence-electron chi connectivity index (χ3n) is 3.34. The van der Waals surface area contributed by atoms with Crippen LogP contribution in [0.3, 0.4) is 0 Å². The summed E-state index contributed by atoms with van der Waals surface area (Å²) in [6.07, 6.45) is 5.33. The second kappa shape index (κ2) is 6.57. The van der Waals surface area contributed by atoms with Crippen molar-refractivity contribution in [1.29, 1.82) is 0 Å². The minimum Gasteiger partial charge on any atom is -0.326 e. The SMILES string of the molecule is Cc1ccc2nc(CN3CCC(N)C3)cn2c1.Cl.Cl. The van der Waals surface area contributed by atoms with Gasteiger partial charge in [-0.2, -0.15) is 0 Å². The first-order valence-electron chi connectivity index (χ1n) is 6.13. The van der Waals surface area contributed by atoms with Gasteiger partial charge in [-0.1, -0.05) is 6.07 Å². The van der Waals surface area contributed by atoms with Gasteiger partial charge >= 0.3 is 0 Å². The summed E-state index contributed by atoms with van der Waals surface area (Å²) < 4.78 is 2.10. The van der Waals surface area contributed by atoms with Crippen LogP contribution in [-0.4, -0.2) is 33.4 Å². The summed E-state index contributed by atoms with van der Waals surface area (Å²) >= 11 is 0. The minimum absolute atomic E-state index is 0. The molecule has 0 aromatic carbocycles. The monoisotopic (exact) mass is 302 g/mol. The van der Waals surface area contributed by atoms with Crippen molar-refractivity contribution in [3.8, 4) is 0 Å². The number of fused-ring (bicyclic) bond motifs is 1. The molecule has 3 rings (SSSR count). The molecular formula is C13H20Cl2N4. The standard InChI is InChI=1S/C13H18N4.2ClH/c1-10-2-3-13-15-12(9-17(13)6-10)8-16-5-4-11(14)7-16;;/h2-3,6,9,11H,4-5,7-8,14H2,1H3;2*1H. The summed E-state index contributed by atoms with van der Waals surface area (Å²) in [5.74, 6) is 0. The second-order valence-electron chi connectivity index (χ2n) is 4.99. The average Bonchev–Trinajstić information content (AvgIpc) is 2.84. The third kappa shape index (κ3) is 3.60. The number of hydrogen-bond acceptors (Lipinski definition) is 3. The summed E-state index contributed by atoms with van der Waals surface area (Å²) in [7, 11) is 0. The van der Waals surface area contributed by atoms with E-state index in [0.29, 0.717) is 6.04 Å². The minimum atomic E-state index is 0. The number of halogens is 2. The molecule has 4 nitrogen and oxygen atoms in total. The number of nitrogens with two attached hydrogens (primary N) is 1. The highest BCUT2D eigenvalue weighted by Gasteiger charge is 2.19. The van der Waals surface area contributed by atoms with Crippen LogP contribution < -0.4 is 5.73 Å². The van der Waals surface area contributed by atoms with Gasteiger partial charge in [0.05, 0.1) is 5.69 Å². The number of rotatable bonds is 2. The molecule has 1 fully saturated rings. The van der Waals surface area contributed by atoms with Gasteiger partial charge in [-0.25, -0.2) is 4.98 Å². The Morgan fingerprint density at radius 2 is 2.11 bits per heavy atom. The number of imidazole rings is 1. The van der Waals surface area contributed by atoms with Gasteiger partial charge < -0.3 is 10.1 Å². The molecule has 1 unspecified atom stereocenters. The fourth-order valence-corrected chi connectivity index (χ4v) is 2.47. The predicted molar refractivity (Wildman–Crippen MR) is 82.3 cm³/mol. The molecule has 19 heavy (non-hydrogen) atoms. The zero-order valence-electron chi connectivity index (χ0n) is 11.0. The normalized spacial score (nSPS) is 19.2. The van der Waals surface area contributed by atoms with Crippen LogP contribution in [0.25, 0.3) is 5.65 Å². The van der Waals surface area contributed by atoms with E-state index in [2.05, 4.69) is 45.7 Å². The lowest BCUT2D eigenvalue weighted by Gasteiger charge is -2.12. The lowest BCUT2D eigenvalue weighted by atomic mass is 10.3. The molecule has 2 aromatic rings. The van der Waals surface area contributed by atoms with Crippen molar-refractivity contribution in [1.82, 2.24) is 14.3 Å². The maximum atomic E-state index is 5.91. The van der Waals surface area contributed by atoms with E-state index in [4.69, 9.17) is 5.73 Å². The van der Waals surface area contributed by atoms with Gasteiger partial charge in [-0.3, -0.25) is 4.90 Å². The van der Waals surface area contributed by atoms with E-state index in [0.717, 1.165) is 37.4 Å². The highest BCUT2D eigenvalue weighted by atomic mass is 35.5. The molecule has 6 heteroatoms. The Bertz CT molecular complexity index is 540. The first-order valence-corrected chi connectivity index (χ1v) is 6.13. The van der Waals surface area contributed by atoms with E-state index < -0.39 is 0 Å². The topological polar surface area (TPSA) is 46.6 Å². The van der Waals surface area contributed by atoms with Crippen LogP contribution in [0.1, 0.15) is 17.7 Å². The van der Waals surface area contributed by atoms with E-state index in [1.165, 1.54) is 5.56 Å². The Kier molecular flexibility index (Phi) is 5.62. The summed E-state index contributed by atoms with van der Waals surface area (Å²) in [4.78, 5) is 7.00. The van der Waals surface area contributed by atoms with Crippen LogP contribution in [-0.2, 0) is 6.54 Å². The molecule has 1 aliphatic heterocycles. The van der Waals surface area contributed by atoms with Crippen molar-refractivity contribution >= 4 is 30.5 Å². The second-order valence-corrected chi connectivity index (χ2v) is 4.99. The van der Waals surface area contributed by atoms with E-state index in [1.807, 2.05) is 0 Å². The maximum Gasteiger partial charge on any atom is 0.137 e. The zero-order chi connectivity index (χ0) is 11.8. The molecule has 2 N–H and O–H groups in total. The molecule has 0 radical (unpaired) electrons. The highest BCUT2D eigenvalue weighted by Crippen LogP contribution is 2.13. The largest absolute Gasteiger partial charge is 0.326 e. The number of nitrogens with zero attached hydrogens (tertiary/aromatic N) is 3. The van der Waals surface area contributed by atoms with Gasteiger partial charge in [0, 0.05) is 38.1 Å². The molecule has 0 aliphatic carbocycles. The average molecular weight is 303 g/mol. The van der Waals surface area contributed by atoms with Gasteiger partial charge in [0.25, 0.3) is 0 Å². The van der Waals surface area contributed by atoms with E-state index in [1.54, 1.807) is 0 Å². The summed E-state index contributed by atoms with van der Waals surface area (Å²) in [6.45, 7) is 5.09. The van der Waals surface area contributed by atoms with Gasteiger partial charge in [-0.05, 0) is 25.0 Å². The fraction of sp³-hybridized carbons (Fsp3) is 0.462. The first kappa shape index (κ1) is 16.2. The van der Waals surface area contributed by atoms with Crippen molar-refractivity contribution < 1.29 is 0 Å². The molecule has 0 bridgehead atoms. The quantitative estimate of drug-likeness (QED) is 0.923. The van der Waals surface area contributed by atoms with Crippen LogP contribution in [0.15, 0.2) is 24.5 Å². The third-order valence-corrected chi connectivity index (χ3v) is 3.34. The Labute approximate surface area is 125 Å². The van der Waals surface area contributed by atoms with Crippen LogP contribution in [0.2, 0.25) is 0 Å². The molecule has 0 saturated carbocycles. The van der Waals surface area contributed by atoms with Crippen molar-refractivity contribution in [2.75, 3.05) is 13.1 Å². The van der Waals surface area contributed by atoms with Crippen LogP contribution in [0.4, 0.5) is 0 Å². The number of aromatic nitrogens is 2. The van der Waals surface area contributed by atoms with Crippen LogP contribution in [0, 0.1) is 6.92 Å². The molecule has 2 aromatic heterocycles. The summed E-state index contributed by atoms with van der Waals surface area (Å²) in [5.41, 5.74) is 9.31. The molecule has 0 spiro atoms. The Morgan fingerprint density at radius 3 is 2.79 bits per heavy atom. The molecule has 106 valence electrons. The van der Waals surface area contributed by atoms with Crippen molar-refractivity contribution in [2.24, 2.45) is 5.73 Å². The smallest absolute Gasteiger partial charge is 0.137 e. The van der Waals surface area contributed by atoms with E-state index >= 15 is 0 Å². The Hall–Kier alpha value is -0.810. The van der Waals surface area contributed by atoms with Gasteiger partial charge in [0.15, 0.2) is 0 Å². The van der Waals surface area contributed by atoms with Crippen molar-refractivity contribution in [2.45, 2.75) is 25.9 Å². The Balaban J connectivity index is 0.000000902. The molecule has 1 atom stereocenters. The number of pyridine rings is 1. The van der Waals surface area contributed by atoms with Crippen molar-refractivity contribution in [3.05, 3.63) is 35.8 Å². The maximum absolute atomic E-state index is 5.91. The fourth-order valence-electron chi connectivity index (χ4n) is 2.47. The number of aryl methyl sites for hydroxylation is 1. The molecule has 0 amide bonds. The van der Waals surface area contributed by atoms with Crippen molar-refractivity contribution in [3.63, 3.8) is 0 Å². The molecule has 3 heterocycles. The molecule has 1 saturated heterocycles. The number of hydrogen-bond donors (Lipinski definition) is 1. The van der Waals surface area contributed by atoms with Gasteiger partial charge in [-0.15, -0.1) is 24.8 Å². The lowest BCUT2D eigenvalue weighted by Crippen LogP contribution is -2.26. The highest BCUT2D eigenvalue weighted by molar-refractivity contribution is 5.85. The first-order chi connectivity index (χ1) is 8.20. The van der Waals surface area contributed by atoms with E-state index in [-0.39, 0.29) is 24.8 Å². The van der Waals surface area contributed by atoms with Crippen LogP contribution >= 0.6 is 24.8 Å². The summed E-state index contributed by atoms with van der Waals surface area (Å²) in [6, 6.07) is 4.50.